The topological polar surface area (TPSA) is 96.9 Å². The van der Waals surface area contributed by atoms with E-state index in [1.54, 1.807) is 37.3 Å². The van der Waals surface area contributed by atoms with Gasteiger partial charge in [-0.25, -0.2) is 4.98 Å². The predicted molar refractivity (Wildman–Crippen MR) is 130 cm³/mol. The Morgan fingerprint density at radius 1 is 1.26 bits per heavy atom. The second kappa shape index (κ2) is 11.9. The smallest absolute Gasteiger partial charge is 0.275 e. The van der Waals surface area contributed by atoms with Crippen LogP contribution in [0, 0.1) is 5.92 Å². The summed E-state index contributed by atoms with van der Waals surface area (Å²) in [6, 6.07) is 5.26. The van der Waals surface area contributed by atoms with E-state index in [0.717, 1.165) is 19.5 Å². The summed E-state index contributed by atoms with van der Waals surface area (Å²) in [6.07, 6.45) is 5.28. The molecule has 0 fully saturated rings. The summed E-state index contributed by atoms with van der Waals surface area (Å²) in [4.78, 5) is 38.0. The number of nitrogens with one attached hydrogen (secondary N) is 1. The third kappa shape index (κ3) is 6.30. The van der Waals surface area contributed by atoms with Crippen molar-refractivity contribution < 1.29 is 19.1 Å². The molecular formula is C25H35N5O4. The minimum atomic E-state index is -0.403. The SMILES string of the molecule is CCCN1C[C@H](C)[C@@H](OC)CN(C)C(=O)c2cc(NC(=O)c3cnccn3)ccc2OC[C@@H]1C. The molecule has 0 radical (unpaired) electrons. The standard InChI is InChI=1S/C25H35N5O4/c1-6-11-30-14-17(2)23(33-5)15-29(4)25(32)20-12-19(7-8-22(20)34-16-18(30)3)28-24(31)21-13-26-9-10-27-21/h7-10,12-13,17-18,23H,6,11,14-16H2,1-5H3,(H,28,31)/t17-,18-,23-/m0/s1. The van der Waals surface area contributed by atoms with Crippen molar-refractivity contribution in [2.24, 2.45) is 5.92 Å². The van der Waals surface area contributed by atoms with Crippen LogP contribution in [-0.4, -0.2) is 84.1 Å². The maximum Gasteiger partial charge on any atom is 0.275 e. The Morgan fingerprint density at radius 2 is 2.06 bits per heavy atom. The fraction of sp³-hybridized carbons (Fsp3) is 0.520. The maximum absolute atomic E-state index is 13.4. The van der Waals surface area contributed by atoms with Gasteiger partial charge < -0.3 is 19.7 Å². The molecule has 2 heterocycles. The van der Waals surface area contributed by atoms with Crippen molar-refractivity contribution in [3.05, 3.63) is 48.0 Å². The average Bonchev–Trinajstić information content (AvgIpc) is 2.85. The first kappa shape index (κ1) is 25.6. The van der Waals surface area contributed by atoms with Crippen molar-refractivity contribution in [2.75, 3.05) is 45.7 Å². The summed E-state index contributed by atoms with van der Waals surface area (Å²) >= 11 is 0. The van der Waals surface area contributed by atoms with Gasteiger partial charge in [-0.15, -0.1) is 0 Å². The van der Waals surface area contributed by atoms with Gasteiger partial charge in [0, 0.05) is 51.4 Å². The van der Waals surface area contributed by atoms with Gasteiger partial charge >= 0.3 is 0 Å². The van der Waals surface area contributed by atoms with Gasteiger partial charge in [0.1, 0.15) is 18.1 Å². The summed E-state index contributed by atoms with van der Waals surface area (Å²) in [5.41, 5.74) is 1.05. The van der Waals surface area contributed by atoms with Crippen LogP contribution in [0.3, 0.4) is 0 Å². The number of aromatic nitrogens is 2. The molecule has 2 amide bonds. The molecule has 9 heteroatoms. The largest absolute Gasteiger partial charge is 0.491 e. The summed E-state index contributed by atoms with van der Waals surface area (Å²) in [6.45, 7) is 9.17. The number of nitrogens with zero attached hydrogens (tertiary/aromatic N) is 4. The van der Waals surface area contributed by atoms with Crippen molar-refractivity contribution in [3.8, 4) is 5.75 Å². The van der Waals surface area contributed by atoms with E-state index in [2.05, 4.69) is 41.0 Å². The van der Waals surface area contributed by atoms with Crippen LogP contribution >= 0.6 is 0 Å². The first-order valence-electron chi connectivity index (χ1n) is 11.7. The van der Waals surface area contributed by atoms with Crippen LogP contribution < -0.4 is 10.1 Å². The third-order valence-corrected chi connectivity index (χ3v) is 6.14. The van der Waals surface area contributed by atoms with E-state index in [-0.39, 0.29) is 29.7 Å². The first-order chi connectivity index (χ1) is 16.3. The molecule has 0 saturated carbocycles. The maximum atomic E-state index is 13.4. The number of anilines is 1. The normalized spacial score (nSPS) is 22.2. The van der Waals surface area contributed by atoms with Gasteiger partial charge in [0.2, 0.25) is 0 Å². The third-order valence-electron chi connectivity index (χ3n) is 6.14. The van der Waals surface area contributed by atoms with Crippen LogP contribution in [0.4, 0.5) is 5.69 Å². The number of benzene rings is 1. The van der Waals surface area contributed by atoms with E-state index >= 15 is 0 Å². The monoisotopic (exact) mass is 469 g/mol. The lowest BCUT2D eigenvalue weighted by Crippen LogP contribution is -2.46. The second-order valence-corrected chi connectivity index (χ2v) is 8.85. The lowest BCUT2D eigenvalue weighted by Gasteiger charge is -2.35. The van der Waals surface area contributed by atoms with Crippen LogP contribution in [0.2, 0.25) is 0 Å². The Morgan fingerprint density at radius 3 is 2.74 bits per heavy atom. The molecule has 0 aliphatic carbocycles. The highest BCUT2D eigenvalue weighted by atomic mass is 16.5. The lowest BCUT2D eigenvalue weighted by molar-refractivity contribution is 0.0108. The summed E-state index contributed by atoms with van der Waals surface area (Å²) < 4.78 is 11.9. The van der Waals surface area contributed by atoms with Gasteiger partial charge in [-0.1, -0.05) is 13.8 Å². The fourth-order valence-electron chi connectivity index (χ4n) is 4.14. The molecule has 1 aromatic heterocycles. The number of fused-ring (bicyclic) bond motifs is 1. The molecule has 34 heavy (non-hydrogen) atoms. The lowest BCUT2D eigenvalue weighted by atomic mass is 10.0. The average molecular weight is 470 g/mol. The Labute approximate surface area is 201 Å². The predicted octanol–water partition coefficient (Wildman–Crippen LogP) is 2.94. The number of hydrogen-bond donors (Lipinski definition) is 1. The van der Waals surface area contributed by atoms with Gasteiger partial charge in [0.25, 0.3) is 11.8 Å². The first-order valence-corrected chi connectivity index (χ1v) is 11.7. The van der Waals surface area contributed by atoms with Crippen molar-refractivity contribution in [3.63, 3.8) is 0 Å². The van der Waals surface area contributed by atoms with Crippen LogP contribution in [0.15, 0.2) is 36.8 Å². The van der Waals surface area contributed by atoms with E-state index < -0.39 is 5.91 Å². The van der Waals surface area contributed by atoms with Crippen LogP contribution in [0.1, 0.15) is 48.0 Å². The number of hydrogen-bond acceptors (Lipinski definition) is 7. The Hall–Kier alpha value is -3.04. The number of carbonyl (C=O) groups is 2. The zero-order chi connectivity index (χ0) is 24.7. The molecule has 2 aromatic rings. The number of amides is 2. The van der Waals surface area contributed by atoms with E-state index in [4.69, 9.17) is 9.47 Å². The number of likely N-dealkylation sites (N-methyl/N-ethyl adjacent to an activating group) is 1. The molecule has 0 spiro atoms. The highest BCUT2D eigenvalue weighted by molar-refractivity contribution is 6.04. The van der Waals surface area contributed by atoms with E-state index in [9.17, 15) is 9.59 Å². The van der Waals surface area contributed by atoms with Crippen LogP contribution in [0.5, 0.6) is 5.75 Å². The molecule has 3 atom stereocenters. The molecule has 3 rings (SSSR count). The molecule has 0 unspecified atom stereocenters. The number of ether oxygens (including phenoxy) is 2. The van der Waals surface area contributed by atoms with Gasteiger partial charge in [-0.3, -0.25) is 19.5 Å². The minimum Gasteiger partial charge on any atom is -0.491 e. The van der Waals surface area contributed by atoms with Crippen molar-refractivity contribution in [1.82, 2.24) is 19.8 Å². The molecule has 0 saturated heterocycles. The van der Waals surface area contributed by atoms with Gasteiger partial charge in [-0.05, 0) is 44.0 Å². The molecule has 1 aliphatic rings. The molecule has 1 aromatic carbocycles. The minimum absolute atomic E-state index is 0.108. The molecule has 1 aliphatic heterocycles. The van der Waals surface area contributed by atoms with E-state index in [0.29, 0.717) is 30.2 Å². The summed E-state index contributed by atoms with van der Waals surface area (Å²) in [7, 11) is 3.45. The fourth-order valence-corrected chi connectivity index (χ4v) is 4.14. The van der Waals surface area contributed by atoms with Crippen molar-refractivity contribution in [1.29, 1.82) is 0 Å². The molecule has 0 bridgehead atoms. The van der Waals surface area contributed by atoms with Crippen molar-refractivity contribution in [2.45, 2.75) is 39.3 Å². The quantitative estimate of drug-likeness (QED) is 0.719. The highest BCUT2D eigenvalue weighted by Gasteiger charge is 2.28. The molecular weight excluding hydrogens is 434 g/mol. The number of carbonyl (C=O) groups excluding carboxylic acids is 2. The van der Waals surface area contributed by atoms with Crippen LogP contribution in [-0.2, 0) is 4.74 Å². The molecule has 9 nitrogen and oxygen atoms in total. The Bertz CT molecular complexity index is 971. The highest BCUT2D eigenvalue weighted by Crippen LogP contribution is 2.26. The number of rotatable bonds is 5. The van der Waals surface area contributed by atoms with Gasteiger partial charge in [0.05, 0.1) is 17.9 Å². The van der Waals surface area contributed by atoms with Gasteiger partial charge in [0.15, 0.2) is 0 Å². The summed E-state index contributed by atoms with van der Waals surface area (Å²) in [5, 5.41) is 2.79. The Kier molecular flexibility index (Phi) is 8.95. The van der Waals surface area contributed by atoms with Crippen LogP contribution in [0.25, 0.3) is 0 Å². The van der Waals surface area contributed by atoms with Crippen molar-refractivity contribution >= 4 is 17.5 Å². The Balaban J connectivity index is 1.91. The van der Waals surface area contributed by atoms with Gasteiger partial charge in [-0.2, -0.15) is 0 Å². The molecule has 1 N–H and O–H groups in total. The second-order valence-electron chi connectivity index (χ2n) is 8.85. The zero-order valence-corrected chi connectivity index (χ0v) is 20.7. The molecule has 184 valence electrons. The van der Waals surface area contributed by atoms with E-state index in [1.807, 2.05) is 0 Å². The van der Waals surface area contributed by atoms with E-state index in [1.165, 1.54) is 18.6 Å². The number of methoxy groups -OCH3 is 1. The zero-order valence-electron chi connectivity index (χ0n) is 20.7. The summed E-state index contributed by atoms with van der Waals surface area (Å²) in [5.74, 6) is 0.115.